The molecule has 0 aliphatic carbocycles. The first-order valence-corrected chi connectivity index (χ1v) is 6.54. The van der Waals surface area contributed by atoms with Gasteiger partial charge in [-0.2, -0.15) is 0 Å². The van der Waals surface area contributed by atoms with Crippen LogP contribution in [0.2, 0.25) is 0 Å². The van der Waals surface area contributed by atoms with Crippen LogP contribution in [-0.2, 0) is 4.74 Å². The van der Waals surface area contributed by atoms with Crippen molar-refractivity contribution in [3.05, 3.63) is 21.9 Å². The molecule has 0 saturated heterocycles. The highest BCUT2D eigenvalue weighted by Crippen LogP contribution is 2.17. The summed E-state index contributed by atoms with van der Waals surface area (Å²) in [6.07, 6.45) is 0.837. The summed E-state index contributed by atoms with van der Waals surface area (Å²) >= 11 is 1.40. The molecule has 0 radical (unpaired) electrons. The van der Waals surface area contributed by atoms with Gasteiger partial charge in [-0.25, -0.2) is 0 Å². The van der Waals surface area contributed by atoms with Gasteiger partial charge in [0, 0.05) is 27.3 Å². The number of carbonyl (C=O) groups excluding carboxylic acids is 1. The number of methoxy groups -OCH3 is 1. The third-order valence-corrected chi connectivity index (χ3v) is 3.31. The van der Waals surface area contributed by atoms with Crippen molar-refractivity contribution in [1.29, 1.82) is 0 Å². The second-order valence-corrected chi connectivity index (χ2v) is 4.83. The number of rotatable bonds is 5. The molecule has 0 aliphatic rings. The Morgan fingerprint density at radius 3 is 3.00 bits per heavy atom. The molecule has 0 bridgehead atoms. The summed E-state index contributed by atoms with van der Waals surface area (Å²) in [6.45, 7) is 1.68. The highest BCUT2D eigenvalue weighted by Gasteiger charge is 2.13. The number of hydrogen-bond donors (Lipinski definition) is 1. The number of nitrogens with zero attached hydrogens (tertiary/aromatic N) is 1. The lowest BCUT2D eigenvalue weighted by Gasteiger charge is -2.15. The normalized spacial score (nSPS) is 9.72. The second-order valence-electron chi connectivity index (χ2n) is 3.74. The Bertz CT molecular complexity index is 445. The van der Waals surface area contributed by atoms with Gasteiger partial charge in [-0.15, -0.1) is 11.3 Å². The van der Waals surface area contributed by atoms with Crippen molar-refractivity contribution in [3.8, 4) is 11.8 Å². The zero-order valence-corrected chi connectivity index (χ0v) is 11.5. The molecule has 98 valence electrons. The minimum absolute atomic E-state index is 0.0249. The summed E-state index contributed by atoms with van der Waals surface area (Å²) in [5.41, 5.74) is 5.30. The van der Waals surface area contributed by atoms with E-state index in [2.05, 4.69) is 11.8 Å². The van der Waals surface area contributed by atoms with E-state index in [1.54, 1.807) is 25.1 Å². The van der Waals surface area contributed by atoms with E-state index in [4.69, 9.17) is 10.5 Å². The van der Waals surface area contributed by atoms with Crippen molar-refractivity contribution in [2.45, 2.75) is 6.42 Å². The summed E-state index contributed by atoms with van der Waals surface area (Å²) in [5, 5.41) is 0. The van der Waals surface area contributed by atoms with Crippen molar-refractivity contribution in [1.82, 2.24) is 4.90 Å². The number of hydrogen-bond acceptors (Lipinski definition) is 4. The van der Waals surface area contributed by atoms with E-state index < -0.39 is 0 Å². The molecule has 0 saturated carbocycles. The van der Waals surface area contributed by atoms with Crippen molar-refractivity contribution in [2.24, 2.45) is 5.73 Å². The lowest BCUT2D eigenvalue weighted by molar-refractivity contribution is 0.0784. The Balaban J connectivity index is 2.57. The number of carbonyl (C=O) groups is 1. The van der Waals surface area contributed by atoms with Gasteiger partial charge >= 0.3 is 0 Å². The first-order valence-electron chi connectivity index (χ1n) is 5.72. The number of thiophene rings is 1. The second kappa shape index (κ2) is 7.88. The third-order valence-electron chi connectivity index (χ3n) is 2.32. The maximum atomic E-state index is 12.0. The summed E-state index contributed by atoms with van der Waals surface area (Å²) in [6, 6.07) is 3.66. The molecular formula is C13H18N2O2S. The van der Waals surface area contributed by atoms with Crippen LogP contribution in [0.1, 0.15) is 21.0 Å². The Kier molecular flexibility index (Phi) is 6.44. The van der Waals surface area contributed by atoms with E-state index in [9.17, 15) is 4.79 Å². The molecule has 2 N–H and O–H groups in total. The largest absolute Gasteiger partial charge is 0.385 e. The summed E-state index contributed by atoms with van der Waals surface area (Å²) in [4.78, 5) is 15.3. The molecule has 1 heterocycles. The highest BCUT2D eigenvalue weighted by molar-refractivity contribution is 7.14. The smallest absolute Gasteiger partial charge is 0.263 e. The molecule has 0 aliphatic heterocycles. The van der Waals surface area contributed by atoms with Gasteiger partial charge in [0.1, 0.15) is 0 Å². The SMILES string of the molecule is COCCCN(C)C(=O)c1ccc(C#CCN)s1. The van der Waals surface area contributed by atoms with Crippen LogP contribution in [0.15, 0.2) is 12.1 Å². The fraction of sp³-hybridized carbons (Fsp3) is 0.462. The molecule has 0 aromatic carbocycles. The molecule has 0 fully saturated rings. The van der Waals surface area contributed by atoms with Crippen LogP contribution in [0.25, 0.3) is 0 Å². The highest BCUT2D eigenvalue weighted by atomic mass is 32.1. The molecule has 18 heavy (non-hydrogen) atoms. The van der Waals surface area contributed by atoms with Crippen LogP contribution in [0.5, 0.6) is 0 Å². The van der Waals surface area contributed by atoms with Crippen molar-refractivity contribution in [2.75, 3.05) is 33.9 Å². The van der Waals surface area contributed by atoms with Crippen LogP contribution < -0.4 is 5.73 Å². The predicted molar refractivity (Wildman–Crippen MR) is 73.7 cm³/mol. The lowest BCUT2D eigenvalue weighted by atomic mass is 10.3. The van der Waals surface area contributed by atoms with Gasteiger partial charge in [0.2, 0.25) is 0 Å². The quantitative estimate of drug-likeness (QED) is 0.643. The lowest BCUT2D eigenvalue weighted by Crippen LogP contribution is -2.27. The molecular weight excluding hydrogens is 248 g/mol. The molecule has 0 spiro atoms. The summed E-state index contributed by atoms with van der Waals surface area (Å²) in [5.74, 6) is 5.72. The monoisotopic (exact) mass is 266 g/mol. The van der Waals surface area contributed by atoms with Gasteiger partial charge in [-0.3, -0.25) is 4.79 Å². The number of nitrogens with two attached hydrogens (primary N) is 1. The van der Waals surface area contributed by atoms with E-state index >= 15 is 0 Å². The third kappa shape index (κ3) is 4.49. The van der Waals surface area contributed by atoms with Gasteiger partial charge < -0.3 is 15.4 Å². The minimum Gasteiger partial charge on any atom is -0.385 e. The average Bonchev–Trinajstić information content (AvgIpc) is 2.84. The molecule has 1 rings (SSSR count). The van der Waals surface area contributed by atoms with Crippen LogP contribution in [0.4, 0.5) is 0 Å². The molecule has 4 nitrogen and oxygen atoms in total. The maximum Gasteiger partial charge on any atom is 0.263 e. The van der Waals surface area contributed by atoms with E-state index in [0.717, 1.165) is 11.3 Å². The molecule has 5 heteroatoms. The zero-order chi connectivity index (χ0) is 13.4. The van der Waals surface area contributed by atoms with Gasteiger partial charge in [-0.05, 0) is 18.6 Å². The summed E-state index contributed by atoms with van der Waals surface area (Å²) < 4.78 is 4.96. The Hall–Kier alpha value is -1.35. The van der Waals surface area contributed by atoms with Crippen LogP contribution in [0, 0.1) is 11.8 Å². The fourth-order valence-electron chi connectivity index (χ4n) is 1.39. The van der Waals surface area contributed by atoms with Crippen LogP contribution in [-0.4, -0.2) is 44.7 Å². The number of amides is 1. The van der Waals surface area contributed by atoms with Crippen molar-refractivity contribution < 1.29 is 9.53 Å². The standard InChI is InChI=1S/C13H18N2O2S/c1-15(9-4-10-17-2)13(16)12-7-6-11(18-12)5-3-8-14/h6-7H,4,8-10,14H2,1-2H3. The van der Waals surface area contributed by atoms with Crippen LogP contribution >= 0.6 is 11.3 Å². The molecule has 1 amide bonds. The van der Waals surface area contributed by atoms with E-state index in [-0.39, 0.29) is 5.91 Å². The molecule has 0 atom stereocenters. The Morgan fingerprint density at radius 2 is 2.33 bits per heavy atom. The van der Waals surface area contributed by atoms with Gasteiger partial charge in [0.15, 0.2) is 0 Å². The van der Waals surface area contributed by atoms with E-state index in [1.165, 1.54) is 11.3 Å². The Morgan fingerprint density at radius 1 is 1.56 bits per heavy atom. The van der Waals surface area contributed by atoms with E-state index in [0.29, 0.717) is 24.6 Å². The van der Waals surface area contributed by atoms with Gasteiger partial charge in [0.25, 0.3) is 5.91 Å². The minimum atomic E-state index is 0.0249. The first kappa shape index (κ1) is 14.7. The zero-order valence-electron chi connectivity index (χ0n) is 10.7. The van der Waals surface area contributed by atoms with Gasteiger partial charge in [-0.1, -0.05) is 11.8 Å². The summed E-state index contributed by atoms with van der Waals surface area (Å²) in [7, 11) is 3.45. The number of ether oxygens (including phenoxy) is 1. The fourth-order valence-corrected chi connectivity index (χ4v) is 2.27. The topological polar surface area (TPSA) is 55.6 Å². The van der Waals surface area contributed by atoms with Gasteiger partial charge in [0.05, 0.1) is 16.3 Å². The van der Waals surface area contributed by atoms with Crippen LogP contribution in [0.3, 0.4) is 0 Å². The Labute approximate surface area is 112 Å². The molecule has 1 aromatic rings. The molecule has 0 unspecified atom stereocenters. The predicted octanol–water partition coefficient (Wildman–Crippen LogP) is 1.17. The van der Waals surface area contributed by atoms with Crippen molar-refractivity contribution >= 4 is 17.2 Å². The first-order chi connectivity index (χ1) is 8.69. The maximum absolute atomic E-state index is 12.0. The van der Waals surface area contributed by atoms with E-state index in [1.807, 2.05) is 6.07 Å². The van der Waals surface area contributed by atoms with Crippen molar-refractivity contribution in [3.63, 3.8) is 0 Å². The average molecular weight is 266 g/mol. The molecule has 1 aromatic heterocycles.